The Bertz CT molecular complexity index is 697. The van der Waals surface area contributed by atoms with E-state index in [0.717, 1.165) is 30.7 Å². The van der Waals surface area contributed by atoms with Gasteiger partial charge in [-0.3, -0.25) is 4.79 Å². The quantitative estimate of drug-likeness (QED) is 0.389. The van der Waals surface area contributed by atoms with E-state index in [0.29, 0.717) is 29.6 Å². The summed E-state index contributed by atoms with van der Waals surface area (Å²) < 4.78 is 5.53. The zero-order valence-corrected chi connectivity index (χ0v) is 19.5. The van der Waals surface area contributed by atoms with Gasteiger partial charge >= 0.3 is 0 Å². The standard InChI is InChI=1S/C26H41NO2/c1-8-17(2)26(27-16-28)15-22-14-25(19(4)10-9-18(22)3)24-12-11-23(29-7)13-20(5)21(24)6/h11-13,16,18-19,21-22,25H,8-10,14-15H2,1-7H3,(H,27,28)/b26-17+/t18?,19-,21?,22?,25-/m0/s1. The molecule has 0 aromatic heterocycles. The van der Waals surface area contributed by atoms with Crippen LogP contribution in [0.4, 0.5) is 0 Å². The van der Waals surface area contributed by atoms with Crippen molar-refractivity contribution in [3.05, 3.63) is 46.4 Å². The fraction of sp³-hybridized carbons (Fsp3) is 0.654. The second-order valence-electron chi connectivity index (χ2n) is 9.26. The highest BCUT2D eigenvalue weighted by molar-refractivity contribution is 5.50. The van der Waals surface area contributed by atoms with Gasteiger partial charge in [0.15, 0.2) is 0 Å². The Kier molecular flexibility index (Phi) is 8.79. The van der Waals surface area contributed by atoms with E-state index in [1.165, 1.54) is 30.4 Å². The van der Waals surface area contributed by atoms with Crippen molar-refractivity contribution in [1.82, 2.24) is 5.32 Å². The Morgan fingerprint density at radius 1 is 1.21 bits per heavy atom. The summed E-state index contributed by atoms with van der Waals surface area (Å²) in [6, 6.07) is 0. The minimum atomic E-state index is 0.431. The van der Waals surface area contributed by atoms with Gasteiger partial charge in [0, 0.05) is 5.70 Å². The number of carbonyl (C=O) groups is 1. The number of rotatable bonds is 7. The average Bonchev–Trinajstić information content (AvgIpc) is 2.94. The molecule has 2 aliphatic rings. The topological polar surface area (TPSA) is 38.3 Å². The summed E-state index contributed by atoms with van der Waals surface area (Å²) in [6.07, 6.45) is 13.1. The Morgan fingerprint density at radius 2 is 1.90 bits per heavy atom. The van der Waals surface area contributed by atoms with E-state index in [2.05, 4.69) is 65.1 Å². The van der Waals surface area contributed by atoms with Crippen molar-refractivity contribution in [1.29, 1.82) is 0 Å². The molecule has 0 spiro atoms. The van der Waals surface area contributed by atoms with Crippen LogP contribution < -0.4 is 5.32 Å². The largest absolute Gasteiger partial charge is 0.497 e. The summed E-state index contributed by atoms with van der Waals surface area (Å²) in [5, 5.41) is 3.02. The van der Waals surface area contributed by atoms with E-state index < -0.39 is 0 Å². The first kappa shape index (κ1) is 23.5. The molecule has 29 heavy (non-hydrogen) atoms. The van der Waals surface area contributed by atoms with Crippen LogP contribution in [-0.4, -0.2) is 13.5 Å². The van der Waals surface area contributed by atoms with Gasteiger partial charge in [-0.2, -0.15) is 0 Å². The summed E-state index contributed by atoms with van der Waals surface area (Å²) >= 11 is 0. The summed E-state index contributed by atoms with van der Waals surface area (Å²) in [4.78, 5) is 11.2. The van der Waals surface area contributed by atoms with E-state index in [9.17, 15) is 4.79 Å². The molecule has 1 N–H and O–H groups in total. The maximum Gasteiger partial charge on any atom is 0.211 e. The van der Waals surface area contributed by atoms with Gasteiger partial charge in [0.1, 0.15) is 5.76 Å². The van der Waals surface area contributed by atoms with Crippen molar-refractivity contribution in [3.8, 4) is 0 Å². The zero-order valence-electron chi connectivity index (χ0n) is 19.5. The van der Waals surface area contributed by atoms with Crippen LogP contribution >= 0.6 is 0 Å². The lowest BCUT2D eigenvalue weighted by molar-refractivity contribution is -0.109. The lowest BCUT2D eigenvalue weighted by Gasteiger charge is -2.32. The summed E-state index contributed by atoms with van der Waals surface area (Å²) in [7, 11) is 1.75. The molecule has 0 radical (unpaired) electrons. The molecule has 3 nitrogen and oxygen atoms in total. The lowest BCUT2D eigenvalue weighted by Crippen LogP contribution is -2.24. The molecular formula is C26H41NO2. The van der Waals surface area contributed by atoms with Gasteiger partial charge in [0.25, 0.3) is 0 Å². The van der Waals surface area contributed by atoms with Crippen LogP contribution in [0.2, 0.25) is 0 Å². The predicted octanol–water partition coefficient (Wildman–Crippen LogP) is 6.55. The Labute approximate surface area is 178 Å². The molecule has 0 bridgehead atoms. The minimum absolute atomic E-state index is 0.431. The van der Waals surface area contributed by atoms with Crippen molar-refractivity contribution >= 4 is 6.41 Å². The number of nitrogens with one attached hydrogen (secondary N) is 1. The van der Waals surface area contributed by atoms with E-state index in [1.807, 2.05) is 0 Å². The Hall–Kier alpha value is -1.77. The molecule has 1 fully saturated rings. The number of methoxy groups -OCH3 is 1. The summed E-state index contributed by atoms with van der Waals surface area (Å²) in [5.41, 5.74) is 5.34. The first-order valence-electron chi connectivity index (χ1n) is 11.3. The van der Waals surface area contributed by atoms with Gasteiger partial charge < -0.3 is 10.1 Å². The number of hydrogen-bond donors (Lipinski definition) is 1. The van der Waals surface area contributed by atoms with Crippen molar-refractivity contribution in [2.75, 3.05) is 7.11 Å². The maximum absolute atomic E-state index is 11.2. The third-order valence-corrected chi connectivity index (χ3v) is 7.53. The van der Waals surface area contributed by atoms with E-state index in [1.54, 1.807) is 12.7 Å². The second kappa shape index (κ2) is 10.8. The molecule has 1 saturated carbocycles. The molecule has 2 rings (SSSR count). The van der Waals surface area contributed by atoms with Gasteiger partial charge in [-0.1, -0.05) is 56.9 Å². The molecular weight excluding hydrogens is 358 g/mol. The van der Waals surface area contributed by atoms with Crippen molar-refractivity contribution in [3.63, 3.8) is 0 Å². The molecule has 0 aromatic carbocycles. The van der Waals surface area contributed by atoms with Gasteiger partial charge in [-0.05, 0) is 81.3 Å². The molecule has 0 heterocycles. The van der Waals surface area contributed by atoms with Crippen LogP contribution in [0.5, 0.6) is 0 Å². The van der Waals surface area contributed by atoms with Gasteiger partial charge in [-0.15, -0.1) is 0 Å². The number of hydrogen-bond acceptors (Lipinski definition) is 2. The highest BCUT2D eigenvalue weighted by atomic mass is 16.5. The molecule has 3 unspecified atom stereocenters. The highest BCUT2D eigenvalue weighted by Crippen LogP contribution is 2.45. The number of amides is 1. The fourth-order valence-corrected chi connectivity index (χ4v) is 4.96. The van der Waals surface area contributed by atoms with Gasteiger partial charge in [-0.25, -0.2) is 0 Å². The van der Waals surface area contributed by atoms with Crippen LogP contribution in [-0.2, 0) is 9.53 Å². The second-order valence-corrected chi connectivity index (χ2v) is 9.26. The van der Waals surface area contributed by atoms with Crippen LogP contribution in [0.3, 0.4) is 0 Å². The number of carbonyl (C=O) groups excluding carboxylic acids is 1. The van der Waals surface area contributed by atoms with Crippen LogP contribution in [0.1, 0.15) is 73.6 Å². The third kappa shape index (κ3) is 5.87. The lowest BCUT2D eigenvalue weighted by atomic mass is 9.73. The van der Waals surface area contributed by atoms with Crippen molar-refractivity contribution in [2.24, 2.45) is 29.6 Å². The molecule has 0 aliphatic heterocycles. The molecule has 0 saturated heterocycles. The summed E-state index contributed by atoms with van der Waals surface area (Å²) in [5.74, 6) is 3.85. The first-order valence-corrected chi connectivity index (χ1v) is 11.3. The highest BCUT2D eigenvalue weighted by Gasteiger charge is 2.34. The van der Waals surface area contributed by atoms with Gasteiger partial charge in [0.05, 0.1) is 7.11 Å². The molecule has 3 heteroatoms. The number of allylic oxidation sites excluding steroid dienone is 7. The van der Waals surface area contributed by atoms with Gasteiger partial charge in [0.2, 0.25) is 6.41 Å². The Balaban J connectivity index is 2.34. The maximum atomic E-state index is 11.2. The summed E-state index contributed by atoms with van der Waals surface area (Å²) in [6.45, 7) is 13.7. The fourth-order valence-electron chi connectivity index (χ4n) is 4.96. The van der Waals surface area contributed by atoms with E-state index >= 15 is 0 Å². The molecule has 1 amide bonds. The molecule has 2 aliphatic carbocycles. The molecule has 162 valence electrons. The third-order valence-electron chi connectivity index (χ3n) is 7.53. The van der Waals surface area contributed by atoms with Crippen LogP contribution in [0, 0.1) is 29.6 Å². The normalized spacial score (nSPS) is 31.4. The van der Waals surface area contributed by atoms with E-state index in [4.69, 9.17) is 4.74 Å². The first-order chi connectivity index (χ1) is 13.8. The van der Waals surface area contributed by atoms with E-state index in [-0.39, 0.29) is 0 Å². The monoisotopic (exact) mass is 399 g/mol. The van der Waals surface area contributed by atoms with Crippen LogP contribution in [0.25, 0.3) is 0 Å². The predicted molar refractivity (Wildman–Crippen MR) is 122 cm³/mol. The van der Waals surface area contributed by atoms with Crippen molar-refractivity contribution in [2.45, 2.75) is 73.6 Å². The SMILES string of the molecule is CC/C(C)=C(\CC1C[C@H](C2=CC=C(OC)C=C(C)C2C)[C@@H](C)CCC1C)NC=O. The zero-order chi connectivity index (χ0) is 21.6. The number of ether oxygens (including phenoxy) is 1. The van der Waals surface area contributed by atoms with Crippen molar-refractivity contribution < 1.29 is 9.53 Å². The molecule has 0 aromatic rings. The smallest absolute Gasteiger partial charge is 0.211 e. The Morgan fingerprint density at radius 3 is 2.52 bits per heavy atom. The minimum Gasteiger partial charge on any atom is -0.497 e. The average molecular weight is 400 g/mol. The molecule has 5 atom stereocenters. The van der Waals surface area contributed by atoms with Crippen LogP contribution in [0.15, 0.2) is 46.4 Å².